The second kappa shape index (κ2) is 6.03. The van der Waals surface area contributed by atoms with Gasteiger partial charge in [0.1, 0.15) is 0 Å². The van der Waals surface area contributed by atoms with Crippen molar-refractivity contribution in [2.45, 2.75) is 6.42 Å². The molecule has 0 bridgehead atoms. The summed E-state index contributed by atoms with van der Waals surface area (Å²) in [5, 5.41) is 0. The van der Waals surface area contributed by atoms with Crippen molar-refractivity contribution in [1.82, 2.24) is 4.90 Å². The summed E-state index contributed by atoms with van der Waals surface area (Å²) in [5.74, 6) is 0. The summed E-state index contributed by atoms with van der Waals surface area (Å²) in [5.41, 5.74) is 0. The molecule has 0 spiro atoms. The largest absolute Gasteiger partial charge is 0.502 e. The molecule has 0 aromatic carbocycles. The summed E-state index contributed by atoms with van der Waals surface area (Å²) in [6, 6.07) is 0. The van der Waals surface area contributed by atoms with Gasteiger partial charge in [0.15, 0.2) is 0 Å². The summed E-state index contributed by atoms with van der Waals surface area (Å²) in [7, 11) is 0. The first-order valence-corrected chi connectivity index (χ1v) is 4.46. The van der Waals surface area contributed by atoms with Gasteiger partial charge in [0.05, 0.1) is 26.1 Å². The molecule has 1 fully saturated rings. The Labute approximate surface area is 74.0 Å². The van der Waals surface area contributed by atoms with E-state index in [-0.39, 0.29) is 0 Å². The van der Waals surface area contributed by atoms with E-state index in [0.29, 0.717) is 0 Å². The fourth-order valence-corrected chi connectivity index (χ4v) is 1.28. The minimum atomic E-state index is 0.779. The highest BCUT2D eigenvalue weighted by Crippen LogP contribution is 1.97. The smallest absolute Gasteiger partial charge is 0.0885 e. The van der Waals surface area contributed by atoms with Crippen LogP contribution in [0.3, 0.4) is 0 Å². The molecule has 3 nitrogen and oxygen atoms in total. The van der Waals surface area contributed by atoms with E-state index in [0.717, 1.165) is 45.9 Å². The molecule has 1 aliphatic rings. The van der Waals surface area contributed by atoms with Crippen LogP contribution in [0, 0.1) is 0 Å². The van der Waals surface area contributed by atoms with Crippen molar-refractivity contribution in [1.29, 1.82) is 0 Å². The number of rotatable bonds is 5. The lowest BCUT2D eigenvalue weighted by molar-refractivity contribution is 0.0349. The van der Waals surface area contributed by atoms with Gasteiger partial charge in [-0.2, -0.15) is 0 Å². The Kier molecular flexibility index (Phi) is 4.80. The Morgan fingerprint density at radius 3 is 2.83 bits per heavy atom. The van der Waals surface area contributed by atoms with Gasteiger partial charge < -0.3 is 9.47 Å². The predicted octanol–water partition coefficient (Wildman–Crippen LogP) is 0.869. The highest BCUT2D eigenvalue weighted by molar-refractivity contribution is 4.61. The highest BCUT2D eigenvalue weighted by atomic mass is 16.5. The van der Waals surface area contributed by atoms with E-state index in [4.69, 9.17) is 9.47 Å². The third-order valence-corrected chi connectivity index (χ3v) is 1.96. The number of morpholine rings is 1. The Hall–Kier alpha value is -0.540. The third kappa shape index (κ3) is 3.74. The Morgan fingerprint density at radius 2 is 2.17 bits per heavy atom. The molecule has 3 heteroatoms. The van der Waals surface area contributed by atoms with Crippen LogP contribution in [0.2, 0.25) is 0 Å². The van der Waals surface area contributed by atoms with Gasteiger partial charge in [0.2, 0.25) is 0 Å². The fraction of sp³-hybridized carbons (Fsp3) is 0.778. The molecule has 1 rings (SSSR count). The molecule has 70 valence electrons. The molecule has 1 saturated heterocycles. The molecule has 0 saturated carbocycles. The molecule has 0 radical (unpaired) electrons. The first-order valence-electron chi connectivity index (χ1n) is 4.46. The van der Waals surface area contributed by atoms with E-state index in [9.17, 15) is 0 Å². The van der Waals surface area contributed by atoms with Crippen molar-refractivity contribution >= 4 is 0 Å². The zero-order valence-electron chi connectivity index (χ0n) is 7.50. The van der Waals surface area contributed by atoms with Gasteiger partial charge in [-0.1, -0.05) is 6.58 Å². The van der Waals surface area contributed by atoms with Gasteiger partial charge in [-0.3, -0.25) is 4.90 Å². The van der Waals surface area contributed by atoms with Gasteiger partial charge in [0.25, 0.3) is 0 Å². The summed E-state index contributed by atoms with van der Waals surface area (Å²) in [6.07, 6.45) is 2.57. The molecule has 12 heavy (non-hydrogen) atoms. The van der Waals surface area contributed by atoms with Crippen LogP contribution < -0.4 is 0 Å². The molecule has 0 aromatic rings. The average molecular weight is 171 g/mol. The lowest BCUT2D eigenvalue weighted by Gasteiger charge is -2.26. The normalized spacial score (nSPS) is 19.0. The van der Waals surface area contributed by atoms with E-state index in [1.807, 2.05) is 0 Å². The van der Waals surface area contributed by atoms with E-state index >= 15 is 0 Å². The van der Waals surface area contributed by atoms with Crippen molar-refractivity contribution in [2.75, 3.05) is 39.5 Å². The Morgan fingerprint density at radius 1 is 1.42 bits per heavy atom. The van der Waals surface area contributed by atoms with Crippen LogP contribution in [0.1, 0.15) is 6.42 Å². The molecule has 1 heterocycles. The predicted molar refractivity (Wildman–Crippen MR) is 48.0 cm³/mol. The lowest BCUT2D eigenvalue weighted by atomic mass is 10.3. The van der Waals surface area contributed by atoms with Crippen molar-refractivity contribution in [3.63, 3.8) is 0 Å². The zero-order valence-corrected chi connectivity index (χ0v) is 7.50. The molecule has 0 amide bonds. The SMILES string of the molecule is C=COCCCN1CCOCC1. The van der Waals surface area contributed by atoms with Crippen LogP contribution in [0.4, 0.5) is 0 Å². The standard InChI is InChI=1S/C9H17NO2/c1-2-11-7-3-4-10-5-8-12-9-6-10/h2H,1,3-9H2. The van der Waals surface area contributed by atoms with Crippen molar-refractivity contribution in [3.05, 3.63) is 12.8 Å². The van der Waals surface area contributed by atoms with Gasteiger partial charge in [-0.25, -0.2) is 0 Å². The van der Waals surface area contributed by atoms with Gasteiger partial charge in [-0.05, 0) is 6.42 Å². The first kappa shape index (κ1) is 9.55. The van der Waals surface area contributed by atoms with E-state index < -0.39 is 0 Å². The summed E-state index contributed by atoms with van der Waals surface area (Å²) in [6.45, 7) is 9.26. The zero-order chi connectivity index (χ0) is 8.65. The lowest BCUT2D eigenvalue weighted by Crippen LogP contribution is -2.37. The van der Waals surface area contributed by atoms with Crippen LogP contribution in [0.15, 0.2) is 12.8 Å². The molecular formula is C9H17NO2. The van der Waals surface area contributed by atoms with E-state index in [2.05, 4.69) is 11.5 Å². The maximum Gasteiger partial charge on any atom is 0.0885 e. The quantitative estimate of drug-likeness (QED) is 0.452. The molecule has 1 aliphatic heterocycles. The van der Waals surface area contributed by atoms with Crippen molar-refractivity contribution in [3.8, 4) is 0 Å². The molecule has 0 N–H and O–H groups in total. The monoisotopic (exact) mass is 171 g/mol. The molecule has 0 aliphatic carbocycles. The Bertz CT molecular complexity index is 122. The molecular weight excluding hydrogens is 154 g/mol. The number of hydrogen-bond acceptors (Lipinski definition) is 3. The molecule has 0 aromatic heterocycles. The number of ether oxygens (including phenoxy) is 2. The average Bonchev–Trinajstić information content (AvgIpc) is 2.14. The van der Waals surface area contributed by atoms with Crippen molar-refractivity contribution in [2.24, 2.45) is 0 Å². The molecule has 0 unspecified atom stereocenters. The van der Waals surface area contributed by atoms with E-state index in [1.165, 1.54) is 6.26 Å². The van der Waals surface area contributed by atoms with E-state index in [1.54, 1.807) is 0 Å². The highest BCUT2D eigenvalue weighted by Gasteiger charge is 2.08. The van der Waals surface area contributed by atoms with Crippen LogP contribution in [-0.4, -0.2) is 44.4 Å². The van der Waals surface area contributed by atoms with Crippen LogP contribution >= 0.6 is 0 Å². The second-order valence-electron chi connectivity index (χ2n) is 2.85. The van der Waals surface area contributed by atoms with Crippen LogP contribution in [-0.2, 0) is 9.47 Å². The maximum atomic E-state index is 5.24. The van der Waals surface area contributed by atoms with Crippen molar-refractivity contribution < 1.29 is 9.47 Å². The third-order valence-electron chi connectivity index (χ3n) is 1.96. The minimum Gasteiger partial charge on any atom is -0.502 e. The summed E-state index contributed by atoms with van der Waals surface area (Å²) in [4.78, 5) is 2.40. The molecule has 0 atom stereocenters. The van der Waals surface area contributed by atoms with Gasteiger partial charge in [0, 0.05) is 19.6 Å². The number of hydrogen-bond donors (Lipinski definition) is 0. The minimum absolute atomic E-state index is 0.779. The summed E-state index contributed by atoms with van der Waals surface area (Å²) < 4.78 is 10.3. The first-order chi connectivity index (χ1) is 5.93. The second-order valence-corrected chi connectivity index (χ2v) is 2.85. The van der Waals surface area contributed by atoms with Crippen LogP contribution in [0.5, 0.6) is 0 Å². The topological polar surface area (TPSA) is 21.7 Å². The van der Waals surface area contributed by atoms with Gasteiger partial charge >= 0.3 is 0 Å². The summed E-state index contributed by atoms with van der Waals surface area (Å²) >= 11 is 0. The number of nitrogens with zero attached hydrogens (tertiary/aromatic N) is 1. The van der Waals surface area contributed by atoms with Crippen LogP contribution in [0.25, 0.3) is 0 Å². The van der Waals surface area contributed by atoms with Gasteiger partial charge in [-0.15, -0.1) is 0 Å². The maximum absolute atomic E-state index is 5.24. The Balaban J connectivity index is 1.94. The fourth-order valence-electron chi connectivity index (χ4n) is 1.28.